The van der Waals surface area contributed by atoms with Crippen molar-refractivity contribution in [3.63, 3.8) is 0 Å². The summed E-state index contributed by atoms with van der Waals surface area (Å²) in [6, 6.07) is 0. The molecule has 0 aromatic carbocycles. The summed E-state index contributed by atoms with van der Waals surface area (Å²) >= 11 is 0. The second kappa shape index (κ2) is 8.60. The molecule has 0 bridgehead atoms. The predicted octanol–water partition coefficient (Wildman–Crippen LogP) is 2.40. The molecule has 0 aromatic rings. The van der Waals surface area contributed by atoms with Gasteiger partial charge in [0.1, 0.15) is 17.3 Å². The lowest BCUT2D eigenvalue weighted by Crippen LogP contribution is -2.56. The van der Waals surface area contributed by atoms with E-state index in [1.54, 1.807) is 6.92 Å². The second-order valence-electron chi connectivity index (χ2n) is 9.55. The number of nitrogens with one attached hydrogen (secondary N) is 1. The average Bonchev–Trinajstić information content (AvgIpc) is 2.97. The fourth-order valence-electron chi connectivity index (χ4n) is 6.20. The van der Waals surface area contributed by atoms with E-state index in [4.69, 9.17) is 4.74 Å². The van der Waals surface area contributed by atoms with Gasteiger partial charge in [0.15, 0.2) is 0 Å². The van der Waals surface area contributed by atoms with Crippen molar-refractivity contribution in [2.24, 2.45) is 28.6 Å². The summed E-state index contributed by atoms with van der Waals surface area (Å²) in [7, 11) is 0. The maximum Gasteiger partial charge on any atom is 0.307 e. The zero-order chi connectivity index (χ0) is 22.1. The Balaban J connectivity index is 1.66. The minimum atomic E-state index is -0.870. The average molecular weight is 420 g/mol. The Kier molecular flexibility index (Phi) is 6.48. The Hall–Kier alpha value is -2.05. The number of hydrogen-bond acceptors (Lipinski definition) is 6. The van der Waals surface area contributed by atoms with Gasteiger partial charge in [-0.15, -0.1) is 0 Å². The van der Waals surface area contributed by atoms with Crippen LogP contribution in [0.15, 0.2) is 0 Å². The Bertz CT molecular complexity index is 761. The molecular weight excluding hydrogens is 386 g/mol. The van der Waals surface area contributed by atoms with Crippen LogP contribution in [-0.2, 0) is 28.7 Å². The largest absolute Gasteiger partial charge is 0.466 e. The molecule has 0 radical (unpaired) electrons. The first-order valence-electron chi connectivity index (χ1n) is 11.1. The molecule has 3 aliphatic carbocycles. The molecule has 0 heterocycles. The number of carbonyl (C=O) groups is 5. The smallest absolute Gasteiger partial charge is 0.307 e. The third-order valence-electron chi connectivity index (χ3n) is 7.83. The van der Waals surface area contributed by atoms with Crippen LogP contribution in [0.1, 0.15) is 72.1 Å². The molecule has 5 atom stereocenters. The fourth-order valence-corrected chi connectivity index (χ4v) is 6.20. The van der Waals surface area contributed by atoms with Crippen LogP contribution in [0, 0.1) is 28.6 Å². The fraction of sp³-hybridized carbons (Fsp3) is 0.783. The van der Waals surface area contributed by atoms with Gasteiger partial charge < -0.3 is 10.1 Å². The molecule has 3 rings (SSSR count). The lowest BCUT2D eigenvalue weighted by Gasteiger charge is -2.52. The van der Waals surface area contributed by atoms with Gasteiger partial charge in [0, 0.05) is 49.0 Å². The Morgan fingerprint density at radius 2 is 1.77 bits per heavy atom. The van der Waals surface area contributed by atoms with E-state index >= 15 is 0 Å². The van der Waals surface area contributed by atoms with E-state index in [1.807, 2.05) is 13.8 Å². The molecular formula is C23H33NO6. The van der Waals surface area contributed by atoms with Gasteiger partial charge in [0.05, 0.1) is 13.0 Å². The maximum absolute atomic E-state index is 13.2. The van der Waals surface area contributed by atoms with E-state index in [2.05, 4.69) is 5.32 Å². The molecule has 3 aliphatic rings. The normalized spacial score (nSPS) is 35.6. The minimum absolute atomic E-state index is 0.00673. The number of fused-ring (bicyclic) bond motifs is 3. The SMILES string of the molecule is CCOC(=O)CCNC(=O)CCC1(C)C(=O)CCC2C3CCC(=O)C3(C)CC(=O)C21. The summed E-state index contributed by atoms with van der Waals surface area (Å²) in [5, 5.41) is 2.70. The number of hydrogen-bond donors (Lipinski definition) is 1. The summed E-state index contributed by atoms with van der Waals surface area (Å²) in [4.78, 5) is 62.2. The van der Waals surface area contributed by atoms with E-state index < -0.39 is 16.7 Å². The number of amides is 1. The summed E-state index contributed by atoms with van der Waals surface area (Å²) in [6.07, 6.45) is 3.12. The van der Waals surface area contributed by atoms with Crippen LogP contribution in [0.5, 0.6) is 0 Å². The summed E-state index contributed by atoms with van der Waals surface area (Å²) < 4.78 is 4.83. The molecule has 7 heteroatoms. The summed E-state index contributed by atoms with van der Waals surface area (Å²) in [6.45, 7) is 5.97. The molecule has 5 unspecified atom stereocenters. The molecule has 0 saturated heterocycles. The highest BCUT2D eigenvalue weighted by atomic mass is 16.5. The van der Waals surface area contributed by atoms with E-state index in [0.717, 1.165) is 6.42 Å². The molecule has 3 saturated carbocycles. The highest BCUT2D eigenvalue weighted by Crippen LogP contribution is 2.60. The topological polar surface area (TPSA) is 107 Å². The van der Waals surface area contributed by atoms with E-state index in [0.29, 0.717) is 32.3 Å². The Morgan fingerprint density at radius 3 is 2.47 bits per heavy atom. The molecule has 1 amide bonds. The highest BCUT2D eigenvalue weighted by Gasteiger charge is 2.62. The first kappa shape index (κ1) is 22.6. The van der Waals surface area contributed by atoms with Crippen LogP contribution in [-0.4, -0.2) is 42.4 Å². The van der Waals surface area contributed by atoms with Crippen molar-refractivity contribution in [3.05, 3.63) is 0 Å². The first-order valence-corrected chi connectivity index (χ1v) is 11.1. The molecule has 166 valence electrons. The third kappa shape index (κ3) is 3.95. The monoisotopic (exact) mass is 419 g/mol. The van der Waals surface area contributed by atoms with Crippen LogP contribution in [0.25, 0.3) is 0 Å². The van der Waals surface area contributed by atoms with Crippen molar-refractivity contribution in [1.82, 2.24) is 5.32 Å². The summed E-state index contributed by atoms with van der Waals surface area (Å²) in [5.41, 5.74) is -1.45. The number of ether oxygens (including phenoxy) is 1. The van der Waals surface area contributed by atoms with Gasteiger partial charge >= 0.3 is 5.97 Å². The van der Waals surface area contributed by atoms with Gasteiger partial charge in [0.25, 0.3) is 0 Å². The molecule has 30 heavy (non-hydrogen) atoms. The zero-order valence-corrected chi connectivity index (χ0v) is 18.3. The minimum Gasteiger partial charge on any atom is -0.466 e. The van der Waals surface area contributed by atoms with E-state index in [9.17, 15) is 24.0 Å². The predicted molar refractivity (Wildman–Crippen MR) is 108 cm³/mol. The number of Topliss-reactive ketones (excluding diaryl/α,β-unsaturated/α-hetero) is 3. The van der Waals surface area contributed by atoms with Crippen LogP contribution in [0.4, 0.5) is 0 Å². The molecule has 3 fully saturated rings. The van der Waals surface area contributed by atoms with Gasteiger partial charge in [-0.25, -0.2) is 0 Å². The Morgan fingerprint density at radius 1 is 1.07 bits per heavy atom. The van der Waals surface area contributed by atoms with Gasteiger partial charge in [-0.05, 0) is 38.0 Å². The van der Waals surface area contributed by atoms with Crippen LogP contribution in [0.2, 0.25) is 0 Å². The molecule has 0 aromatic heterocycles. The number of rotatable bonds is 7. The zero-order valence-electron chi connectivity index (χ0n) is 18.3. The molecule has 0 aliphatic heterocycles. The molecule has 1 N–H and O–H groups in total. The van der Waals surface area contributed by atoms with E-state index in [-0.39, 0.29) is 66.9 Å². The van der Waals surface area contributed by atoms with Gasteiger partial charge in [-0.3, -0.25) is 24.0 Å². The lowest BCUT2D eigenvalue weighted by molar-refractivity contribution is -0.160. The number of esters is 1. The van der Waals surface area contributed by atoms with Crippen LogP contribution < -0.4 is 5.32 Å². The quantitative estimate of drug-likeness (QED) is 0.635. The van der Waals surface area contributed by atoms with Crippen molar-refractivity contribution >= 4 is 29.2 Å². The van der Waals surface area contributed by atoms with Crippen LogP contribution >= 0.6 is 0 Å². The third-order valence-corrected chi connectivity index (χ3v) is 7.83. The summed E-state index contributed by atoms with van der Waals surface area (Å²) in [5.74, 6) is -0.585. The van der Waals surface area contributed by atoms with Crippen molar-refractivity contribution in [2.45, 2.75) is 72.1 Å². The second-order valence-corrected chi connectivity index (χ2v) is 9.55. The van der Waals surface area contributed by atoms with Gasteiger partial charge in [0.2, 0.25) is 5.91 Å². The van der Waals surface area contributed by atoms with Crippen molar-refractivity contribution < 1.29 is 28.7 Å². The number of carbonyl (C=O) groups excluding carboxylic acids is 5. The van der Waals surface area contributed by atoms with Crippen molar-refractivity contribution in [2.75, 3.05) is 13.2 Å². The standard InChI is InChI=1S/C23H33NO6/c1-4-30-20(29)10-12-24-19(28)9-11-22(2)17(26)7-5-14-15-6-8-18(27)23(15,3)13-16(25)21(14)22/h14-15,21H,4-13H2,1-3H3,(H,24,28). The number of ketones is 3. The van der Waals surface area contributed by atoms with Gasteiger partial charge in [-0.1, -0.05) is 13.8 Å². The Labute approximate surface area is 177 Å². The van der Waals surface area contributed by atoms with Crippen molar-refractivity contribution in [1.29, 1.82) is 0 Å². The maximum atomic E-state index is 13.2. The highest BCUT2D eigenvalue weighted by molar-refractivity contribution is 5.99. The van der Waals surface area contributed by atoms with Gasteiger partial charge in [-0.2, -0.15) is 0 Å². The molecule has 7 nitrogen and oxygen atoms in total. The lowest BCUT2D eigenvalue weighted by atomic mass is 9.48. The van der Waals surface area contributed by atoms with Crippen LogP contribution in [0.3, 0.4) is 0 Å². The molecule has 0 spiro atoms. The van der Waals surface area contributed by atoms with Crippen molar-refractivity contribution in [3.8, 4) is 0 Å². The first-order chi connectivity index (χ1) is 14.1. The van der Waals surface area contributed by atoms with E-state index in [1.165, 1.54) is 0 Å².